The molecule has 0 bridgehead atoms. The average molecular weight is 510 g/mol. The van der Waals surface area contributed by atoms with Crippen LogP contribution in [0.5, 0.6) is 17.4 Å². The third kappa shape index (κ3) is 4.20. The lowest BCUT2D eigenvalue weighted by Crippen LogP contribution is -2.35. The van der Waals surface area contributed by atoms with Crippen molar-refractivity contribution in [3.05, 3.63) is 82.3 Å². The van der Waals surface area contributed by atoms with Crippen LogP contribution in [-0.2, 0) is 10.4 Å². The number of nitrogens with zero attached hydrogens (tertiary/aromatic N) is 2. The van der Waals surface area contributed by atoms with E-state index in [2.05, 4.69) is 31.1 Å². The van der Waals surface area contributed by atoms with Gasteiger partial charge < -0.3 is 24.7 Å². The van der Waals surface area contributed by atoms with Crippen molar-refractivity contribution in [2.24, 2.45) is 10.2 Å². The molecule has 3 N–H and O–H groups in total. The lowest BCUT2D eigenvalue weighted by atomic mass is 9.85. The number of rotatable bonds is 6. The predicted molar refractivity (Wildman–Crippen MR) is 126 cm³/mol. The minimum Gasteiger partial charge on any atom is -0.497 e. The van der Waals surface area contributed by atoms with Crippen molar-refractivity contribution in [3.63, 3.8) is 0 Å². The Morgan fingerprint density at radius 1 is 0.939 bits per heavy atom. The highest BCUT2D eigenvalue weighted by Crippen LogP contribution is 2.38. The quantitative estimate of drug-likeness (QED) is 0.309. The molecule has 0 spiro atoms. The number of carbonyl (C=O) groups is 1. The van der Waals surface area contributed by atoms with E-state index < -0.39 is 11.5 Å². The maximum absolute atomic E-state index is 13.3. The van der Waals surface area contributed by atoms with Gasteiger partial charge in [0.1, 0.15) is 11.5 Å². The first-order valence-electron chi connectivity index (χ1n) is 9.84. The molecule has 0 fully saturated rings. The minimum atomic E-state index is -2.13. The second-order valence-corrected chi connectivity index (χ2v) is 8.10. The highest BCUT2D eigenvalue weighted by atomic mass is 79.9. The molecule has 3 aromatic carbocycles. The van der Waals surface area contributed by atoms with Crippen LogP contribution in [0.3, 0.4) is 0 Å². The fraction of sp³-hybridized carbons (Fsp3) is 0.125. The number of halogens is 1. The van der Waals surface area contributed by atoms with Crippen molar-refractivity contribution in [2.45, 2.75) is 5.60 Å². The molecule has 0 aliphatic carbocycles. The molecule has 0 atom stereocenters. The van der Waals surface area contributed by atoms with Crippen LogP contribution in [0.1, 0.15) is 11.1 Å². The van der Waals surface area contributed by atoms with Crippen molar-refractivity contribution < 1.29 is 24.5 Å². The monoisotopic (exact) mass is 509 g/mol. The van der Waals surface area contributed by atoms with Crippen LogP contribution in [0.2, 0.25) is 0 Å². The Bertz CT molecular complexity index is 1280. The number of hydrogen-bond donors (Lipinski definition) is 3. The van der Waals surface area contributed by atoms with Gasteiger partial charge in [-0.1, -0.05) is 40.2 Å². The number of carbonyl (C=O) groups excluding carboxylic acids is 1. The summed E-state index contributed by atoms with van der Waals surface area (Å²) in [6.45, 7) is 0. The number of aromatic nitrogens is 1. The van der Waals surface area contributed by atoms with Gasteiger partial charge in [0.25, 0.3) is 0 Å². The second-order valence-electron chi connectivity index (χ2n) is 7.18. The van der Waals surface area contributed by atoms with Crippen molar-refractivity contribution in [1.82, 2.24) is 4.98 Å². The van der Waals surface area contributed by atoms with Gasteiger partial charge >= 0.3 is 5.91 Å². The van der Waals surface area contributed by atoms with Gasteiger partial charge in [0.2, 0.25) is 5.88 Å². The Kier molecular flexibility index (Phi) is 6.17. The molecule has 1 heterocycles. The largest absolute Gasteiger partial charge is 0.497 e. The van der Waals surface area contributed by atoms with E-state index in [1.807, 2.05) is 0 Å². The van der Waals surface area contributed by atoms with E-state index in [4.69, 9.17) is 9.47 Å². The first kappa shape index (κ1) is 22.5. The molecule has 4 aromatic rings. The van der Waals surface area contributed by atoms with Gasteiger partial charge in [-0.2, -0.15) is 0 Å². The molecular weight excluding hydrogens is 490 g/mol. The topological polar surface area (TPSA) is 117 Å². The molecule has 9 heteroatoms. The molecule has 33 heavy (non-hydrogen) atoms. The Morgan fingerprint density at radius 2 is 1.48 bits per heavy atom. The molecule has 4 rings (SSSR count). The molecule has 0 aliphatic rings. The van der Waals surface area contributed by atoms with Crippen molar-refractivity contribution >= 4 is 38.4 Å². The van der Waals surface area contributed by atoms with E-state index >= 15 is 0 Å². The third-order valence-electron chi connectivity index (χ3n) is 5.28. The number of amides is 1. The van der Waals surface area contributed by atoms with Crippen LogP contribution in [-0.4, -0.2) is 35.3 Å². The number of methoxy groups -OCH3 is 2. The van der Waals surface area contributed by atoms with Gasteiger partial charge in [-0.05, 0) is 53.6 Å². The first-order valence-corrected chi connectivity index (χ1v) is 10.6. The molecule has 0 saturated carbocycles. The number of ether oxygens (including phenoxy) is 2. The Hall–Kier alpha value is -3.69. The number of benzene rings is 3. The number of aromatic amines is 1. The van der Waals surface area contributed by atoms with Crippen molar-refractivity contribution in [3.8, 4) is 17.4 Å². The highest BCUT2D eigenvalue weighted by Gasteiger charge is 2.40. The fourth-order valence-corrected chi connectivity index (χ4v) is 3.84. The number of fused-ring (bicyclic) bond motifs is 1. The summed E-state index contributed by atoms with van der Waals surface area (Å²) in [7, 11) is 3.05. The van der Waals surface area contributed by atoms with E-state index in [9.17, 15) is 15.0 Å². The summed E-state index contributed by atoms with van der Waals surface area (Å²) in [5, 5.41) is 30.3. The summed E-state index contributed by atoms with van der Waals surface area (Å²) in [6, 6.07) is 18.2. The van der Waals surface area contributed by atoms with E-state index in [-0.39, 0.29) is 22.7 Å². The van der Waals surface area contributed by atoms with Crippen LogP contribution < -0.4 is 9.47 Å². The zero-order chi connectivity index (χ0) is 23.6. The van der Waals surface area contributed by atoms with Gasteiger partial charge in [0, 0.05) is 9.86 Å². The van der Waals surface area contributed by atoms with Gasteiger partial charge in [-0.15, -0.1) is 10.2 Å². The zero-order valence-corrected chi connectivity index (χ0v) is 19.3. The first-order chi connectivity index (χ1) is 15.9. The van der Waals surface area contributed by atoms with Crippen LogP contribution in [0.25, 0.3) is 10.9 Å². The summed E-state index contributed by atoms with van der Waals surface area (Å²) in [6.07, 6.45) is 0. The highest BCUT2D eigenvalue weighted by molar-refractivity contribution is 9.10. The Morgan fingerprint density at radius 3 is 2.00 bits per heavy atom. The number of hydrogen-bond acceptors (Lipinski definition) is 6. The number of H-pyrrole nitrogens is 1. The molecular formula is C24H20BrN3O5. The normalized spacial score (nSPS) is 11.8. The van der Waals surface area contributed by atoms with Crippen LogP contribution in [0.15, 0.2) is 81.4 Å². The Balaban J connectivity index is 1.79. The summed E-state index contributed by atoms with van der Waals surface area (Å²) >= 11 is 3.38. The SMILES string of the molecule is COc1ccc(C(O)(C(=O)N=Nc2c(O)[nH]c3ccc(Br)cc23)c2ccc(OC)cc2)cc1. The molecule has 1 aromatic heterocycles. The third-order valence-corrected chi connectivity index (χ3v) is 5.77. The molecule has 0 radical (unpaired) electrons. The zero-order valence-electron chi connectivity index (χ0n) is 17.7. The molecule has 0 unspecified atom stereocenters. The van der Waals surface area contributed by atoms with Gasteiger partial charge in [-0.3, -0.25) is 4.79 Å². The maximum atomic E-state index is 13.3. The van der Waals surface area contributed by atoms with Gasteiger partial charge in [0.15, 0.2) is 11.3 Å². The van der Waals surface area contributed by atoms with Gasteiger partial charge in [0.05, 0.1) is 19.7 Å². The standard InChI is InChI=1S/C24H20BrN3O5/c1-32-17-8-3-14(4-9-17)24(31,15-5-10-18(33-2)11-6-15)23(30)28-27-21-19-13-16(25)7-12-20(19)26-22(21)29/h3-13,26,29,31H,1-2H3. The number of aliphatic hydroxyl groups is 1. The number of nitrogens with one attached hydrogen (secondary N) is 1. The smallest absolute Gasteiger partial charge is 0.305 e. The molecule has 0 aliphatic heterocycles. The van der Waals surface area contributed by atoms with Crippen LogP contribution >= 0.6 is 15.9 Å². The second kappa shape index (κ2) is 9.05. The van der Waals surface area contributed by atoms with Crippen LogP contribution in [0.4, 0.5) is 5.69 Å². The molecule has 0 saturated heterocycles. The number of azo groups is 1. The lowest BCUT2D eigenvalue weighted by Gasteiger charge is -2.25. The van der Waals surface area contributed by atoms with E-state index in [1.54, 1.807) is 66.7 Å². The van der Waals surface area contributed by atoms with E-state index in [1.165, 1.54) is 14.2 Å². The van der Waals surface area contributed by atoms with Crippen molar-refractivity contribution in [1.29, 1.82) is 0 Å². The van der Waals surface area contributed by atoms with E-state index in [0.717, 1.165) is 4.47 Å². The summed E-state index contributed by atoms with van der Waals surface area (Å²) in [4.78, 5) is 16.1. The summed E-state index contributed by atoms with van der Waals surface area (Å²) < 4.78 is 11.1. The maximum Gasteiger partial charge on any atom is 0.305 e. The lowest BCUT2D eigenvalue weighted by molar-refractivity contribution is -0.133. The van der Waals surface area contributed by atoms with Crippen LogP contribution in [0, 0.1) is 0 Å². The predicted octanol–water partition coefficient (Wildman–Crippen LogP) is 5.20. The van der Waals surface area contributed by atoms with Gasteiger partial charge in [-0.25, -0.2) is 0 Å². The average Bonchev–Trinajstić information content (AvgIpc) is 3.16. The van der Waals surface area contributed by atoms with Crippen molar-refractivity contribution in [2.75, 3.05) is 14.2 Å². The molecule has 168 valence electrons. The molecule has 1 amide bonds. The fourth-order valence-electron chi connectivity index (χ4n) is 3.48. The Labute approximate surface area is 197 Å². The summed E-state index contributed by atoms with van der Waals surface area (Å²) in [5.74, 6) is -0.0305. The van der Waals surface area contributed by atoms with E-state index in [0.29, 0.717) is 22.4 Å². The summed E-state index contributed by atoms with van der Waals surface area (Å²) in [5.41, 5.74) is -0.861. The molecule has 8 nitrogen and oxygen atoms in total. The number of aromatic hydroxyl groups is 1. The minimum absolute atomic E-state index is 0.0893.